The number of rotatable bonds is 17. The molecule has 0 radical (unpaired) electrons. The molecule has 2 N–H and O–H groups in total. The van der Waals surface area contributed by atoms with Crippen molar-refractivity contribution in [1.29, 1.82) is 0 Å². The lowest BCUT2D eigenvalue weighted by Crippen LogP contribution is -2.55. The van der Waals surface area contributed by atoms with Crippen molar-refractivity contribution in [2.24, 2.45) is 0 Å². The van der Waals surface area contributed by atoms with Crippen LogP contribution in [-0.2, 0) is 27.5 Å². The second-order valence-corrected chi connectivity index (χ2v) is 12.4. The molecule has 1 rings (SSSR count). The van der Waals surface area contributed by atoms with Gasteiger partial charge in [0.05, 0.1) is 6.54 Å². The van der Waals surface area contributed by atoms with Crippen molar-refractivity contribution in [2.45, 2.75) is 150 Å². The van der Waals surface area contributed by atoms with Gasteiger partial charge in [-0.3, -0.25) is 19.3 Å². The summed E-state index contributed by atoms with van der Waals surface area (Å²) in [7, 11) is 0. The number of nitrogens with zero attached hydrogens (tertiary/aromatic N) is 4. The molecule has 9 heteroatoms. The summed E-state index contributed by atoms with van der Waals surface area (Å²) < 4.78 is 1.83. The zero-order valence-corrected chi connectivity index (χ0v) is 27.3. The largest absolute Gasteiger partial charge is 0.349 e. The monoisotopic (exact) mass is 562 g/mol. The predicted molar refractivity (Wildman–Crippen MR) is 163 cm³/mol. The van der Waals surface area contributed by atoms with Gasteiger partial charge in [-0.2, -0.15) is 0 Å². The van der Waals surface area contributed by atoms with Crippen molar-refractivity contribution >= 4 is 17.7 Å². The third kappa shape index (κ3) is 9.89. The lowest BCUT2D eigenvalue weighted by molar-refractivity contribution is -0.140. The molecule has 0 aliphatic heterocycles. The van der Waals surface area contributed by atoms with Gasteiger partial charge in [-0.1, -0.05) is 41.5 Å². The summed E-state index contributed by atoms with van der Waals surface area (Å²) in [6.07, 6.45) is 8.27. The minimum atomic E-state index is -0.319. The van der Waals surface area contributed by atoms with E-state index in [1.165, 1.54) is 4.90 Å². The van der Waals surface area contributed by atoms with E-state index in [1.807, 2.05) is 4.57 Å². The van der Waals surface area contributed by atoms with Crippen LogP contribution in [-0.4, -0.2) is 72.8 Å². The van der Waals surface area contributed by atoms with E-state index in [2.05, 4.69) is 96.7 Å². The zero-order chi connectivity index (χ0) is 30.7. The molecule has 0 unspecified atom stereocenters. The number of amides is 3. The van der Waals surface area contributed by atoms with Crippen molar-refractivity contribution in [3.63, 3.8) is 0 Å². The van der Waals surface area contributed by atoms with Crippen molar-refractivity contribution in [1.82, 2.24) is 30.0 Å². The third-order valence-corrected chi connectivity index (χ3v) is 8.80. The van der Waals surface area contributed by atoms with Crippen LogP contribution in [0.4, 0.5) is 0 Å². The summed E-state index contributed by atoms with van der Waals surface area (Å²) in [4.78, 5) is 48.4. The molecular weight excluding hydrogens is 504 g/mol. The van der Waals surface area contributed by atoms with Gasteiger partial charge in [-0.15, -0.1) is 0 Å². The van der Waals surface area contributed by atoms with E-state index in [0.29, 0.717) is 6.54 Å². The van der Waals surface area contributed by atoms with Gasteiger partial charge < -0.3 is 20.1 Å². The average Bonchev–Trinajstić information content (AvgIpc) is 3.34. The fourth-order valence-electron chi connectivity index (χ4n) is 5.51. The van der Waals surface area contributed by atoms with Gasteiger partial charge in [-0.05, 0) is 73.1 Å². The first-order valence-electron chi connectivity index (χ1n) is 15.3. The second kappa shape index (κ2) is 15.5. The molecule has 0 aromatic carbocycles. The summed E-state index contributed by atoms with van der Waals surface area (Å²) in [5.41, 5.74) is -0.715. The Bertz CT molecular complexity index is 889. The van der Waals surface area contributed by atoms with Crippen LogP contribution in [0.25, 0.3) is 0 Å². The van der Waals surface area contributed by atoms with E-state index in [1.54, 1.807) is 12.4 Å². The zero-order valence-electron chi connectivity index (χ0n) is 27.3. The fourth-order valence-corrected chi connectivity index (χ4v) is 5.51. The first-order valence-corrected chi connectivity index (χ1v) is 15.3. The third-order valence-electron chi connectivity index (χ3n) is 8.80. The molecule has 40 heavy (non-hydrogen) atoms. The van der Waals surface area contributed by atoms with E-state index in [4.69, 9.17) is 0 Å². The molecule has 1 aromatic heterocycles. The molecular formula is C31H58N6O3. The maximum atomic E-state index is 13.7. The van der Waals surface area contributed by atoms with Gasteiger partial charge in [0.15, 0.2) is 0 Å². The highest BCUT2D eigenvalue weighted by Gasteiger charge is 2.31. The predicted octanol–water partition coefficient (Wildman–Crippen LogP) is 4.89. The number of hydrogen-bond donors (Lipinski definition) is 2. The van der Waals surface area contributed by atoms with Gasteiger partial charge in [0.2, 0.25) is 17.7 Å². The van der Waals surface area contributed by atoms with Gasteiger partial charge >= 0.3 is 0 Å². The van der Waals surface area contributed by atoms with Crippen LogP contribution in [0.15, 0.2) is 12.4 Å². The van der Waals surface area contributed by atoms with Crippen LogP contribution in [0, 0.1) is 0 Å². The first-order chi connectivity index (χ1) is 18.6. The van der Waals surface area contributed by atoms with Crippen LogP contribution in [0.2, 0.25) is 0 Å². The highest BCUT2D eigenvalue weighted by atomic mass is 16.2. The molecule has 0 atom stereocenters. The van der Waals surface area contributed by atoms with Crippen molar-refractivity contribution in [3.8, 4) is 0 Å². The Morgan fingerprint density at radius 3 is 1.60 bits per heavy atom. The second-order valence-electron chi connectivity index (χ2n) is 12.4. The maximum absolute atomic E-state index is 13.7. The quantitative estimate of drug-likeness (QED) is 0.282. The highest BCUT2D eigenvalue weighted by Crippen LogP contribution is 2.22. The van der Waals surface area contributed by atoms with Gasteiger partial charge in [0.1, 0.15) is 25.5 Å². The Labute approximate surface area is 243 Å². The Kier molecular flexibility index (Phi) is 13.8. The molecule has 0 aliphatic rings. The normalized spacial score (nSPS) is 12.6. The van der Waals surface area contributed by atoms with E-state index < -0.39 is 0 Å². The number of nitrogens with one attached hydrogen (secondary N) is 2. The van der Waals surface area contributed by atoms with Crippen molar-refractivity contribution < 1.29 is 14.4 Å². The highest BCUT2D eigenvalue weighted by molar-refractivity contribution is 5.89. The Hall–Kier alpha value is -2.42. The molecule has 0 saturated carbocycles. The smallest absolute Gasteiger partial charge is 0.243 e. The van der Waals surface area contributed by atoms with Crippen LogP contribution in [0.1, 0.15) is 121 Å². The Morgan fingerprint density at radius 1 is 0.825 bits per heavy atom. The number of carbonyl (C=O) groups is 3. The molecule has 0 bridgehead atoms. The topological polar surface area (TPSA) is 99.6 Å². The molecule has 0 fully saturated rings. The molecule has 0 saturated heterocycles. The minimum absolute atomic E-state index is 0.00687. The molecule has 3 amide bonds. The van der Waals surface area contributed by atoms with Crippen LogP contribution >= 0.6 is 0 Å². The molecule has 230 valence electrons. The van der Waals surface area contributed by atoms with Gasteiger partial charge in [-0.25, -0.2) is 4.98 Å². The molecule has 0 aliphatic carbocycles. The maximum Gasteiger partial charge on any atom is 0.243 e. The minimum Gasteiger partial charge on any atom is -0.349 e. The lowest BCUT2D eigenvalue weighted by atomic mass is 9.89. The summed E-state index contributed by atoms with van der Waals surface area (Å²) in [6.45, 7) is 23.4. The molecule has 1 heterocycles. The standard InChI is InChI=1S/C31H58N6O3/c1-12-30(13-2,14-3)33-26(38)21-36(22-27(39)34-31(15-4,16-5)17-6)28(40)23-35-19-18-32-25(35)20-37(24(7)8)29(9,10)11/h18-19,24H,12-17,20-23H2,1-11H3,(H,33,38)(H,34,39). The summed E-state index contributed by atoms with van der Waals surface area (Å²) in [5, 5.41) is 6.31. The number of hydrogen-bond acceptors (Lipinski definition) is 5. The molecule has 9 nitrogen and oxygen atoms in total. The van der Waals surface area contributed by atoms with E-state index in [9.17, 15) is 14.4 Å². The Balaban J connectivity index is 3.23. The van der Waals surface area contributed by atoms with Crippen molar-refractivity contribution in [2.75, 3.05) is 13.1 Å². The number of carbonyl (C=O) groups excluding carboxylic acids is 3. The number of aromatic nitrogens is 2. The fraction of sp³-hybridized carbons (Fsp3) is 0.806. The molecule has 0 spiro atoms. The van der Waals surface area contributed by atoms with Crippen molar-refractivity contribution in [3.05, 3.63) is 18.2 Å². The average molecular weight is 563 g/mol. The molecule has 1 aromatic rings. The van der Waals surface area contributed by atoms with E-state index in [0.717, 1.165) is 44.3 Å². The summed E-state index contributed by atoms with van der Waals surface area (Å²) in [6, 6.07) is 0.289. The van der Waals surface area contributed by atoms with Gasteiger partial charge in [0.25, 0.3) is 0 Å². The van der Waals surface area contributed by atoms with E-state index in [-0.39, 0.29) is 60.0 Å². The van der Waals surface area contributed by atoms with Crippen LogP contribution in [0.3, 0.4) is 0 Å². The van der Waals surface area contributed by atoms with E-state index >= 15 is 0 Å². The van der Waals surface area contributed by atoms with Crippen LogP contribution < -0.4 is 10.6 Å². The lowest BCUT2D eigenvalue weighted by Gasteiger charge is -2.38. The first kappa shape index (κ1) is 35.6. The summed E-state index contributed by atoms with van der Waals surface area (Å²) in [5.74, 6) is -0.00984. The SMILES string of the molecule is CCC(CC)(CC)NC(=O)CN(CC(=O)NC(CC)(CC)CC)C(=O)Cn1ccnc1CN(C(C)C)C(C)(C)C. The Morgan fingerprint density at radius 2 is 1.25 bits per heavy atom. The number of imidazole rings is 1. The van der Waals surface area contributed by atoms with Crippen LogP contribution in [0.5, 0.6) is 0 Å². The van der Waals surface area contributed by atoms with Gasteiger partial charge in [0, 0.05) is 35.1 Å². The summed E-state index contributed by atoms with van der Waals surface area (Å²) >= 11 is 0.